The molecule has 110 valence electrons. The van der Waals surface area contributed by atoms with E-state index in [2.05, 4.69) is 5.32 Å². The number of carbonyl (C=O) groups is 1. The Morgan fingerprint density at radius 2 is 2.14 bits per heavy atom. The summed E-state index contributed by atoms with van der Waals surface area (Å²) in [5.41, 5.74) is 6.23. The molecule has 3 N–H and O–H groups in total. The molecule has 6 nitrogen and oxygen atoms in total. The minimum atomic E-state index is -0.355. The van der Waals surface area contributed by atoms with Crippen LogP contribution in [0.5, 0.6) is 5.75 Å². The molecule has 0 radical (unpaired) electrons. The number of methoxy groups -OCH3 is 1. The quantitative estimate of drug-likeness (QED) is 0.900. The smallest absolute Gasteiger partial charge is 0.251 e. The van der Waals surface area contributed by atoms with Crippen molar-refractivity contribution in [3.05, 3.63) is 51.9 Å². The van der Waals surface area contributed by atoms with Crippen LogP contribution in [0.2, 0.25) is 5.02 Å². The van der Waals surface area contributed by atoms with E-state index in [9.17, 15) is 9.59 Å². The Bertz CT molecular complexity index is 728. The van der Waals surface area contributed by atoms with Crippen LogP contribution in [0.4, 0.5) is 11.4 Å². The lowest BCUT2D eigenvalue weighted by atomic mass is 10.3. The molecule has 0 fully saturated rings. The van der Waals surface area contributed by atoms with E-state index in [0.29, 0.717) is 22.1 Å². The molecule has 2 aromatic rings. The van der Waals surface area contributed by atoms with E-state index in [4.69, 9.17) is 22.1 Å². The molecule has 0 unspecified atom stereocenters. The highest BCUT2D eigenvalue weighted by atomic mass is 35.5. The summed E-state index contributed by atoms with van der Waals surface area (Å²) in [4.78, 5) is 23.5. The van der Waals surface area contributed by atoms with E-state index < -0.39 is 0 Å². The first-order chi connectivity index (χ1) is 9.99. The zero-order valence-corrected chi connectivity index (χ0v) is 12.1. The molecule has 7 heteroatoms. The summed E-state index contributed by atoms with van der Waals surface area (Å²) in [6, 6.07) is 7.66. The highest BCUT2D eigenvalue weighted by molar-refractivity contribution is 6.32. The van der Waals surface area contributed by atoms with E-state index in [1.165, 1.54) is 30.0 Å². The van der Waals surface area contributed by atoms with Gasteiger partial charge in [0.25, 0.3) is 5.56 Å². The van der Waals surface area contributed by atoms with Gasteiger partial charge in [0, 0.05) is 29.7 Å². The molecule has 1 aromatic carbocycles. The highest BCUT2D eigenvalue weighted by Gasteiger charge is 2.07. The van der Waals surface area contributed by atoms with E-state index in [-0.39, 0.29) is 18.0 Å². The van der Waals surface area contributed by atoms with Gasteiger partial charge >= 0.3 is 0 Å². The summed E-state index contributed by atoms with van der Waals surface area (Å²) >= 11 is 5.90. The van der Waals surface area contributed by atoms with Crippen LogP contribution < -0.4 is 21.3 Å². The lowest BCUT2D eigenvalue weighted by Gasteiger charge is -2.09. The Hall–Kier alpha value is -2.47. The van der Waals surface area contributed by atoms with Gasteiger partial charge in [0.1, 0.15) is 12.3 Å². The Labute approximate surface area is 126 Å². The molecular weight excluding hydrogens is 294 g/mol. The number of ether oxygens (including phenoxy) is 1. The van der Waals surface area contributed by atoms with E-state index >= 15 is 0 Å². The van der Waals surface area contributed by atoms with E-state index in [1.807, 2.05) is 0 Å². The predicted molar refractivity (Wildman–Crippen MR) is 81.7 cm³/mol. The Balaban J connectivity index is 2.11. The number of nitrogens with one attached hydrogen (secondary N) is 1. The topological polar surface area (TPSA) is 86.3 Å². The van der Waals surface area contributed by atoms with Gasteiger partial charge in [0.05, 0.1) is 12.1 Å². The maximum atomic E-state index is 11.9. The van der Waals surface area contributed by atoms with Crippen molar-refractivity contribution >= 4 is 28.9 Å². The maximum Gasteiger partial charge on any atom is 0.251 e. The third-order valence-corrected chi connectivity index (χ3v) is 3.07. The lowest BCUT2D eigenvalue weighted by Crippen LogP contribution is -2.27. The molecule has 2 rings (SSSR count). The Morgan fingerprint density at radius 3 is 2.86 bits per heavy atom. The largest absolute Gasteiger partial charge is 0.495 e. The first-order valence-electron chi connectivity index (χ1n) is 6.09. The summed E-state index contributed by atoms with van der Waals surface area (Å²) < 4.78 is 6.30. The number of hydrogen-bond acceptors (Lipinski definition) is 4. The molecule has 0 aliphatic heterocycles. The summed E-state index contributed by atoms with van der Waals surface area (Å²) in [7, 11) is 1.49. The van der Waals surface area contributed by atoms with Crippen molar-refractivity contribution in [3.8, 4) is 5.75 Å². The molecule has 0 bridgehead atoms. The number of nitrogens with zero attached hydrogens (tertiary/aromatic N) is 1. The first-order valence-corrected chi connectivity index (χ1v) is 6.47. The maximum absolute atomic E-state index is 11.9. The lowest BCUT2D eigenvalue weighted by molar-refractivity contribution is -0.116. The normalized spacial score (nSPS) is 10.2. The second-order valence-electron chi connectivity index (χ2n) is 4.33. The molecule has 0 atom stereocenters. The number of nitrogen functional groups attached to an aromatic ring is 1. The van der Waals surface area contributed by atoms with Crippen LogP contribution in [0.3, 0.4) is 0 Å². The molecular formula is C14H14ClN3O3. The summed E-state index contributed by atoms with van der Waals surface area (Å²) in [6.45, 7) is -0.130. The fourth-order valence-corrected chi connectivity index (χ4v) is 1.96. The second kappa shape index (κ2) is 6.32. The molecule has 0 saturated heterocycles. The number of amides is 1. The number of hydrogen-bond donors (Lipinski definition) is 2. The zero-order chi connectivity index (χ0) is 15.4. The van der Waals surface area contributed by atoms with E-state index in [1.54, 1.807) is 18.2 Å². The van der Waals surface area contributed by atoms with Crippen molar-refractivity contribution in [2.75, 3.05) is 18.2 Å². The third-order valence-electron chi connectivity index (χ3n) is 2.76. The van der Waals surface area contributed by atoms with Crippen LogP contribution >= 0.6 is 11.6 Å². The molecule has 0 saturated carbocycles. The van der Waals surface area contributed by atoms with Gasteiger partial charge < -0.3 is 20.4 Å². The molecule has 0 spiro atoms. The number of aromatic nitrogens is 1. The fraction of sp³-hybridized carbons (Fsp3) is 0.143. The first kappa shape index (κ1) is 14.9. The highest BCUT2D eigenvalue weighted by Crippen LogP contribution is 2.27. The summed E-state index contributed by atoms with van der Waals surface area (Å²) in [5.74, 6) is 0.0997. The van der Waals surface area contributed by atoms with Crippen molar-refractivity contribution in [1.82, 2.24) is 4.57 Å². The summed E-state index contributed by atoms with van der Waals surface area (Å²) in [5, 5.41) is 3.11. The van der Waals surface area contributed by atoms with Crippen LogP contribution in [0, 0.1) is 0 Å². The molecule has 0 aliphatic rings. The van der Waals surface area contributed by atoms with Gasteiger partial charge in [0.15, 0.2) is 0 Å². The van der Waals surface area contributed by atoms with Gasteiger partial charge in [-0.15, -0.1) is 0 Å². The monoisotopic (exact) mass is 307 g/mol. The number of nitrogens with two attached hydrogens (primary N) is 1. The minimum absolute atomic E-state index is 0.130. The van der Waals surface area contributed by atoms with Crippen molar-refractivity contribution in [2.24, 2.45) is 0 Å². The van der Waals surface area contributed by atoms with Gasteiger partial charge in [-0.25, -0.2) is 0 Å². The minimum Gasteiger partial charge on any atom is -0.495 e. The number of benzene rings is 1. The van der Waals surface area contributed by atoms with Crippen molar-refractivity contribution < 1.29 is 9.53 Å². The van der Waals surface area contributed by atoms with Gasteiger partial charge in [-0.05, 0) is 18.2 Å². The SMILES string of the molecule is COc1cc(NC(=O)Cn2cc(N)ccc2=O)ccc1Cl. The summed E-state index contributed by atoms with van der Waals surface area (Å²) in [6.07, 6.45) is 1.42. The predicted octanol–water partition coefficient (Wildman–Crippen LogP) is 1.73. The van der Waals surface area contributed by atoms with Crippen LogP contribution in [0.15, 0.2) is 41.3 Å². The van der Waals surface area contributed by atoms with Crippen LogP contribution in [0.1, 0.15) is 0 Å². The number of anilines is 2. The average molecular weight is 308 g/mol. The molecule has 21 heavy (non-hydrogen) atoms. The second-order valence-corrected chi connectivity index (χ2v) is 4.73. The molecule has 0 aliphatic carbocycles. The molecule has 1 heterocycles. The third kappa shape index (κ3) is 3.76. The fourth-order valence-electron chi connectivity index (χ4n) is 1.77. The van der Waals surface area contributed by atoms with Gasteiger partial charge in [-0.1, -0.05) is 11.6 Å². The average Bonchev–Trinajstić information content (AvgIpc) is 2.45. The van der Waals surface area contributed by atoms with Crippen molar-refractivity contribution in [1.29, 1.82) is 0 Å². The number of halogens is 1. The molecule has 1 amide bonds. The number of rotatable bonds is 4. The van der Waals surface area contributed by atoms with Gasteiger partial charge in [0.2, 0.25) is 5.91 Å². The Kier molecular flexibility index (Phi) is 4.49. The Morgan fingerprint density at radius 1 is 1.38 bits per heavy atom. The van der Waals surface area contributed by atoms with Crippen LogP contribution in [-0.4, -0.2) is 17.6 Å². The van der Waals surface area contributed by atoms with Gasteiger partial charge in [-0.3, -0.25) is 9.59 Å². The number of carbonyl (C=O) groups excluding carboxylic acids is 1. The van der Waals surface area contributed by atoms with Gasteiger partial charge in [-0.2, -0.15) is 0 Å². The van der Waals surface area contributed by atoms with Crippen LogP contribution in [-0.2, 0) is 11.3 Å². The van der Waals surface area contributed by atoms with Crippen LogP contribution in [0.25, 0.3) is 0 Å². The van der Waals surface area contributed by atoms with E-state index in [0.717, 1.165) is 0 Å². The number of pyridine rings is 1. The molecule has 1 aromatic heterocycles. The van der Waals surface area contributed by atoms with Crippen molar-refractivity contribution in [2.45, 2.75) is 6.54 Å². The van der Waals surface area contributed by atoms with Crippen molar-refractivity contribution in [3.63, 3.8) is 0 Å². The zero-order valence-electron chi connectivity index (χ0n) is 11.3. The standard InChI is InChI=1S/C14H14ClN3O3/c1-21-12-6-10(3-4-11(12)15)17-13(19)8-18-7-9(16)2-5-14(18)20/h2-7H,8,16H2,1H3,(H,17,19).